The molecule has 4 rings (SSSR count). The molecular weight excluding hydrogens is 264 g/mol. The van der Waals surface area contributed by atoms with Crippen LogP contribution in [0.25, 0.3) is 5.52 Å². The van der Waals surface area contributed by atoms with Crippen molar-refractivity contribution < 1.29 is 4.79 Å². The number of nitrogens with zero attached hydrogens (tertiary/aromatic N) is 2. The van der Waals surface area contributed by atoms with E-state index in [1.807, 2.05) is 16.7 Å². The summed E-state index contributed by atoms with van der Waals surface area (Å²) in [5, 5.41) is 6.54. The fourth-order valence-electron chi connectivity index (χ4n) is 3.47. The lowest BCUT2D eigenvalue weighted by atomic mass is 10.1. The average molecular weight is 280 g/mol. The maximum atomic E-state index is 12.3. The molecule has 2 aromatic rings. The Morgan fingerprint density at radius 3 is 3.10 bits per heavy atom. The standard InChI is InChI=1S/C16H16N4O/c1-2-10-3-12-6-15(18-9-20(12)8-10)16(21)19-14-5-11-4-13(14)17-7-11/h1,3,6,8-9,11,13-14,17H,4-5,7H2,(H,19,21). The maximum Gasteiger partial charge on any atom is 0.270 e. The number of hydrogen-bond donors (Lipinski definition) is 2. The van der Waals surface area contributed by atoms with Gasteiger partial charge in [-0.3, -0.25) is 4.79 Å². The summed E-state index contributed by atoms with van der Waals surface area (Å²) in [4.78, 5) is 16.6. The molecule has 1 amide bonds. The van der Waals surface area contributed by atoms with Crippen molar-refractivity contribution in [2.75, 3.05) is 6.54 Å². The second-order valence-electron chi connectivity index (χ2n) is 5.91. The number of nitrogens with one attached hydrogen (secondary N) is 2. The molecule has 21 heavy (non-hydrogen) atoms. The summed E-state index contributed by atoms with van der Waals surface area (Å²) in [6.45, 7) is 1.08. The minimum absolute atomic E-state index is 0.111. The monoisotopic (exact) mass is 280 g/mol. The molecule has 2 N–H and O–H groups in total. The topological polar surface area (TPSA) is 58.4 Å². The van der Waals surface area contributed by atoms with Crippen LogP contribution in [0.15, 0.2) is 24.7 Å². The predicted molar refractivity (Wildman–Crippen MR) is 78.9 cm³/mol. The number of carbonyl (C=O) groups is 1. The second kappa shape index (κ2) is 4.61. The first-order chi connectivity index (χ1) is 10.2. The van der Waals surface area contributed by atoms with E-state index in [9.17, 15) is 4.79 Å². The lowest BCUT2D eigenvalue weighted by Crippen LogP contribution is -2.48. The Bertz CT molecular complexity index is 757. The van der Waals surface area contributed by atoms with Crippen LogP contribution in [0.2, 0.25) is 0 Å². The first-order valence-corrected chi connectivity index (χ1v) is 7.21. The Balaban J connectivity index is 1.55. The highest BCUT2D eigenvalue weighted by molar-refractivity contribution is 5.93. The third kappa shape index (κ3) is 2.08. The van der Waals surface area contributed by atoms with E-state index in [0.29, 0.717) is 17.7 Å². The number of fused-ring (bicyclic) bond motifs is 3. The molecule has 2 bridgehead atoms. The molecule has 0 radical (unpaired) electrons. The molecule has 3 unspecified atom stereocenters. The van der Waals surface area contributed by atoms with E-state index in [1.54, 1.807) is 12.4 Å². The van der Waals surface area contributed by atoms with Crippen molar-refractivity contribution >= 4 is 11.4 Å². The molecule has 3 atom stereocenters. The molecule has 2 aliphatic rings. The first-order valence-electron chi connectivity index (χ1n) is 7.21. The zero-order valence-electron chi connectivity index (χ0n) is 11.5. The van der Waals surface area contributed by atoms with Gasteiger partial charge in [-0.15, -0.1) is 6.42 Å². The summed E-state index contributed by atoms with van der Waals surface area (Å²) in [6.07, 6.45) is 11.1. The van der Waals surface area contributed by atoms with Gasteiger partial charge in [-0.05, 0) is 37.4 Å². The van der Waals surface area contributed by atoms with Crippen molar-refractivity contribution in [2.45, 2.75) is 24.9 Å². The van der Waals surface area contributed by atoms with Gasteiger partial charge in [0, 0.05) is 23.8 Å². The largest absolute Gasteiger partial charge is 0.346 e. The van der Waals surface area contributed by atoms with E-state index in [-0.39, 0.29) is 11.9 Å². The maximum absolute atomic E-state index is 12.3. The van der Waals surface area contributed by atoms with Gasteiger partial charge in [0.25, 0.3) is 5.91 Å². The third-order valence-corrected chi connectivity index (χ3v) is 4.53. The number of aromatic nitrogens is 2. The normalized spacial score (nSPS) is 26.9. The van der Waals surface area contributed by atoms with Gasteiger partial charge in [-0.25, -0.2) is 4.98 Å². The summed E-state index contributed by atoms with van der Waals surface area (Å²) in [6, 6.07) is 4.29. The summed E-state index contributed by atoms with van der Waals surface area (Å²) < 4.78 is 1.82. The molecule has 1 aliphatic carbocycles. The molecule has 0 aromatic carbocycles. The van der Waals surface area contributed by atoms with Gasteiger partial charge in [0.1, 0.15) is 12.0 Å². The van der Waals surface area contributed by atoms with Gasteiger partial charge in [-0.1, -0.05) is 5.92 Å². The van der Waals surface area contributed by atoms with Crippen LogP contribution >= 0.6 is 0 Å². The van der Waals surface area contributed by atoms with Crippen molar-refractivity contribution in [1.29, 1.82) is 0 Å². The Morgan fingerprint density at radius 1 is 1.48 bits per heavy atom. The van der Waals surface area contributed by atoms with Gasteiger partial charge in [-0.2, -0.15) is 0 Å². The third-order valence-electron chi connectivity index (χ3n) is 4.53. The smallest absolute Gasteiger partial charge is 0.270 e. The molecule has 0 spiro atoms. The molecule has 1 saturated carbocycles. The number of amides is 1. The molecule has 2 fully saturated rings. The highest BCUT2D eigenvalue weighted by atomic mass is 16.2. The van der Waals surface area contributed by atoms with Crippen molar-refractivity contribution in [3.8, 4) is 12.3 Å². The van der Waals surface area contributed by atoms with Crippen molar-refractivity contribution in [3.05, 3.63) is 35.9 Å². The highest BCUT2D eigenvalue weighted by Gasteiger charge is 2.40. The van der Waals surface area contributed by atoms with Crippen LogP contribution in [-0.4, -0.2) is 33.9 Å². The highest BCUT2D eigenvalue weighted by Crippen LogP contribution is 2.31. The Labute approximate surface area is 122 Å². The SMILES string of the molecule is C#Cc1cc2cc(C(=O)NC3CC4CNC3C4)ncn2c1. The Kier molecular flexibility index (Phi) is 2.72. The average Bonchev–Trinajstić information content (AvgIpc) is 3.20. The number of terminal acetylenes is 1. The van der Waals surface area contributed by atoms with Gasteiger partial charge in [0.2, 0.25) is 0 Å². The van der Waals surface area contributed by atoms with Crippen LogP contribution in [0.1, 0.15) is 28.9 Å². The zero-order chi connectivity index (χ0) is 14.4. The lowest BCUT2D eigenvalue weighted by Gasteiger charge is -2.23. The van der Waals surface area contributed by atoms with Crippen LogP contribution in [0.3, 0.4) is 0 Å². The summed E-state index contributed by atoms with van der Waals surface area (Å²) >= 11 is 0. The van der Waals surface area contributed by atoms with Crippen LogP contribution in [0, 0.1) is 18.3 Å². The van der Waals surface area contributed by atoms with Crippen molar-refractivity contribution in [1.82, 2.24) is 20.0 Å². The summed E-state index contributed by atoms with van der Waals surface area (Å²) in [7, 11) is 0. The van der Waals surface area contributed by atoms with Crippen LogP contribution in [-0.2, 0) is 0 Å². The first kappa shape index (κ1) is 12.4. The minimum Gasteiger partial charge on any atom is -0.346 e. The second-order valence-corrected chi connectivity index (χ2v) is 5.91. The quantitative estimate of drug-likeness (QED) is 0.800. The molecule has 2 aromatic heterocycles. The van der Waals surface area contributed by atoms with Crippen LogP contribution in [0.4, 0.5) is 0 Å². The lowest BCUT2D eigenvalue weighted by molar-refractivity contribution is 0.0923. The van der Waals surface area contributed by atoms with E-state index in [0.717, 1.165) is 24.0 Å². The summed E-state index contributed by atoms with van der Waals surface area (Å²) in [5.74, 6) is 3.18. The van der Waals surface area contributed by atoms with Gasteiger partial charge >= 0.3 is 0 Å². The minimum atomic E-state index is -0.111. The van der Waals surface area contributed by atoms with Gasteiger partial charge in [0.15, 0.2) is 0 Å². The van der Waals surface area contributed by atoms with E-state index in [4.69, 9.17) is 6.42 Å². The number of carbonyl (C=O) groups excluding carboxylic acids is 1. The van der Waals surface area contributed by atoms with E-state index in [2.05, 4.69) is 21.5 Å². The van der Waals surface area contributed by atoms with Crippen LogP contribution in [0.5, 0.6) is 0 Å². The molecular formula is C16H16N4O. The van der Waals surface area contributed by atoms with E-state index >= 15 is 0 Å². The molecule has 5 nitrogen and oxygen atoms in total. The van der Waals surface area contributed by atoms with Gasteiger partial charge < -0.3 is 15.0 Å². The number of rotatable bonds is 2. The number of piperidine rings is 1. The predicted octanol–water partition coefficient (Wildman–Crippen LogP) is 0.796. The Hall–Kier alpha value is -2.32. The molecule has 3 heterocycles. The molecule has 5 heteroatoms. The fourth-order valence-corrected chi connectivity index (χ4v) is 3.47. The summed E-state index contributed by atoms with van der Waals surface area (Å²) in [5.41, 5.74) is 2.10. The molecule has 106 valence electrons. The molecule has 1 aliphatic heterocycles. The zero-order valence-corrected chi connectivity index (χ0v) is 11.5. The fraction of sp³-hybridized carbons (Fsp3) is 0.375. The van der Waals surface area contributed by atoms with Crippen molar-refractivity contribution in [3.63, 3.8) is 0 Å². The van der Waals surface area contributed by atoms with Gasteiger partial charge in [0.05, 0.1) is 5.52 Å². The molecule has 1 saturated heterocycles. The Morgan fingerprint density at radius 2 is 2.38 bits per heavy atom. The number of hydrogen-bond acceptors (Lipinski definition) is 3. The van der Waals surface area contributed by atoms with E-state index in [1.165, 1.54) is 6.42 Å². The van der Waals surface area contributed by atoms with Crippen LogP contribution < -0.4 is 10.6 Å². The van der Waals surface area contributed by atoms with E-state index < -0.39 is 0 Å². The van der Waals surface area contributed by atoms with Crippen molar-refractivity contribution in [2.24, 2.45) is 5.92 Å².